The van der Waals surface area contributed by atoms with Gasteiger partial charge in [0.15, 0.2) is 0 Å². The molecule has 3 aliphatic rings. The van der Waals surface area contributed by atoms with Gasteiger partial charge in [-0.3, -0.25) is 29.9 Å². The first-order valence-electron chi connectivity index (χ1n) is 8.21. The maximum absolute atomic E-state index is 11.0. The lowest BCUT2D eigenvalue weighted by Gasteiger charge is -2.22. The molecule has 11 nitrogen and oxygen atoms in total. The van der Waals surface area contributed by atoms with Gasteiger partial charge in [-0.1, -0.05) is 0 Å². The first-order valence-corrected chi connectivity index (χ1v) is 9.57. The van der Waals surface area contributed by atoms with E-state index in [0.29, 0.717) is 13.0 Å². The van der Waals surface area contributed by atoms with Gasteiger partial charge in [-0.15, -0.1) is 5.06 Å². The topological polar surface area (TPSA) is 140 Å². The molecule has 0 aromatic heterocycles. The third kappa shape index (κ3) is 5.87. The molecule has 3 saturated heterocycles. The Morgan fingerprint density at radius 2 is 2.16 bits per heavy atom. The monoisotopic (exact) mass is 379 g/mol. The van der Waals surface area contributed by atoms with Gasteiger partial charge in [-0.2, -0.15) is 12.7 Å². The molecule has 0 aromatic carbocycles. The Morgan fingerprint density at radius 3 is 2.72 bits per heavy atom. The van der Waals surface area contributed by atoms with Gasteiger partial charge in [-0.25, -0.2) is 0 Å². The second-order valence-corrected chi connectivity index (χ2v) is 7.23. The van der Waals surface area contributed by atoms with E-state index in [-0.39, 0.29) is 24.0 Å². The van der Waals surface area contributed by atoms with Crippen LogP contribution >= 0.6 is 0 Å². The van der Waals surface area contributed by atoms with E-state index in [0.717, 1.165) is 38.9 Å². The smallest absolute Gasteiger partial charge is 0.316 e. The summed E-state index contributed by atoms with van der Waals surface area (Å²) in [6.07, 6.45) is 3.16. The molecule has 3 heterocycles. The summed E-state index contributed by atoms with van der Waals surface area (Å²) in [6.45, 7) is 5.22. The fourth-order valence-electron chi connectivity index (χ4n) is 3.31. The summed E-state index contributed by atoms with van der Waals surface area (Å²) in [6, 6.07) is 0.0840. The number of amides is 2. The molecule has 0 aliphatic carbocycles. The van der Waals surface area contributed by atoms with Gasteiger partial charge in [0.25, 0.3) is 0 Å². The summed E-state index contributed by atoms with van der Waals surface area (Å²) in [4.78, 5) is 23.0. The van der Waals surface area contributed by atoms with Crippen molar-refractivity contribution in [3.05, 3.63) is 0 Å². The van der Waals surface area contributed by atoms with Crippen molar-refractivity contribution in [2.24, 2.45) is 5.92 Å². The van der Waals surface area contributed by atoms with Crippen LogP contribution in [0.4, 0.5) is 0 Å². The van der Waals surface area contributed by atoms with Crippen LogP contribution in [0, 0.1) is 5.92 Å². The van der Waals surface area contributed by atoms with Crippen molar-refractivity contribution < 1.29 is 26.8 Å². The number of hydrogen-bond donors (Lipinski definition) is 4. The highest BCUT2D eigenvalue weighted by molar-refractivity contribution is 7.80. The van der Waals surface area contributed by atoms with Crippen molar-refractivity contribution >= 4 is 22.7 Å². The van der Waals surface area contributed by atoms with E-state index in [1.54, 1.807) is 0 Å². The predicted molar refractivity (Wildman–Crippen MR) is 86.8 cm³/mol. The minimum absolute atomic E-state index is 0.00227. The van der Waals surface area contributed by atoms with E-state index in [2.05, 4.69) is 25.4 Å². The number of carbonyl (C=O) groups is 2. The summed E-state index contributed by atoms with van der Waals surface area (Å²) in [5.41, 5.74) is 4.39. The SMILES string of the molecule is CC1N2CCCC(C2)N1OS(=O)(=O)O.O=CNNC(=O)C1CCNC1. The molecule has 144 valence electrons. The van der Waals surface area contributed by atoms with Crippen molar-refractivity contribution in [3.8, 4) is 0 Å². The van der Waals surface area contributed by atoms with Crippen molar-refractivity contribution in [3.63, 3.8) is 0 Å². The van der Waals surface area contributed by atoms with E-state index in [9.17, 15) is 18.0 Å². The molecule has 12 heteroatoms. The summed E-state index contributed by atoms with van der Waals surface area (Å²) in [5, 5.41) is 4.43. The molecule has 0 spiro atoms. The van der Waals surface area contributed by atoms with Crippen LogP contribution in [-0.2, 0) is 24.3 Å². The highest BCUT2D eigenvalue weighted by atomic mass is 32.3. The van der Waals surface area contributed by atoms with Gasteiger partial charge >= 0.3 is 10.4 Å². The van der Waals surface area contributed by atoms with Crippen molar-refractivity contribution in [1.82, 2.24) is 26.1 Å². The predicted octanol–water partition coefficient (Wildman–Crippen LogP) is -1.78. The number of hydrazine groups is 1. The Morgan fingerprint density at radius 1 is 1.40 bits per heavy atom. The zero-order valence-electron chi connectivity index (χ0n) is 14.1. The Balaban J connectivity index is 0.000000186. The molecule has 4 unspecified atom stereocenters. The standard InChI is InChI=1S/C7H14N2O4S.C6H11N3O2/c1-6-8-4-2-3-7(5-8)9(6)13-14(10,11)12;10-4-8-9-6(11)5-1-2-7-3-5/h6-7H,2-5H2,1H3,(H,10,11,12);4-5,7H,1-3H2,(H,8,10)(H,9,11). The van der Waals surface area contributed by atoms with Crippen LogP contribution in [0.5, 0.6) is 0 Å². The Labute approximate surface area is 146 Å². The molecular formula is C13H25N5O6S. The number of nitrogens with zero attached hydrogens (tertiary/aromatic N) is 2. The van der Waals surface area contributed by atoms with E-state index in [1.165, 1.54) is 5.06 Å². The highest BCUT2D eigenvalue weighted by Gasteiger charge is 2.42. The highest BCUT2D eigenvalue weighted by Crippen LogP contribution is 2.29. The maximum Gasteiger partial charge on any atom is 0.413 e. The fourth-order valence-corrected chi connectivity index (χ4v) is 3.77. The van der Waals surface area contributed by atoms with Crippen LogP contribution in [-0.4, -0.2) is 73.6 Å². The van der Waals surface area contributed by atoms with E-state index in [1.807, 2.05) is 6.92 Å². The van der Waals surface area contributed by atoms with E-state index >= 15 is 0 Å². The van der Waals surface area contributed by atoms with E-state index < -0.39 is 10.4 Å². The van der Waals surface area contributed by atoms with Gasteiger partial charge in [0.1, 0.15) is 0 Å². The molecule has 0 radical (unpaired) electrons. The largest absolute Gasteiger partial charge is 0.413 e. The molecule has 25 heavy (non-hydrogen) atoms. The minimum atomic E-state index is -4.38. The van der Waals surface area contributed by atoms with E-state index in [4.69, 9.17) is 4.55 Å². The Hall–Kier alpha value is -1.31. The quantitative estimate of drug-likeness (QED) is 0.248. The first kappa shape index (κ1) is 20.0. The molecule has 3 rings (SSSR count). The van der Waals surface area contributed by atoms with Gasteiger partial charge < -0.3 is 5.32 Å². The number of fused-ring (bicyclic) bond motifs is 2. The number of hydroxylamine groups is 2. The van der Waals surface area contributed by atoms with Gasteiger partial charge in [0.05, 0.1) is 18.1 Å². The molecule has 4 atom stereocenters. The number of carbonyl (C=O) groups excluding carboxylic acids is 2. The zero-order valence-corrected chi connectivity index (χ0v) is 14.9. The average molecular weight is 379 g/mol. The summed E-state index contributed by atoms with van der Waals surface area (Å²) >= 11 is 0. The molecule has 3 aliphatic heterocycles. The number of rotatable bonds is 5. The van der Waals surface area contributed by atoms with Crippen LogP contribution < -0.4 is 16.2 Å². The Kier molecular flexibility index (Phi) is 7.10. The molecule has 4 N–H and O–H groups in total. The third-order valence-corrected chi connectivity index (χ3v) is 4.91. The van der Waals surface area contributed by atoms with Crippen molar-refractivity contribution in [2.75, 3.05) is 26.2 Å². The van der Waals surface area contributed by atoms with Crippen molar-refractivity contribution in [1.29, 1.82) is 0 Å². The first-order chi connectivity index (χ1) is 11.8. The summed E-state index contributed by atoms with van der Waals surface area (Å²) < 4.78 is 34.3. The lowest BCUT2D eigenvalue weighted by atomic mass is 10.1. The molecule has 0 aromatic rings. The number of piperidine rings is 1. The average Bonchev–Trinajstić information content (AvgIpc) is 3.17. The number of hydrogen-bond acceptors (Lipinski definition) is 8. The molecule has 3 fully saturated rings. The normalized spacial score (nSPS) is 31.8. The lowest BCUT2D eigenvalue weighted by molar-refractivity contribution is -0.127. The maximum atomic E-state index is 11.0. The van der Waals surface area contributed by atoms with Crippen LogP contribution in [0.25, 0.3) is 0 Å². The van der Waals surface area contributed by atoms with Crippen LogP contribution in [0.15, 0.2) is 0 Å². The molecule has 0 saturated carbocycles. The third-order valence-electron chi connectivity index (χ3n) is 4.55. The number of nitrogens with one attached hydrogen (secondary N) is 3. The van der Waals surface area contributed by atoms with Crippen molar-refractivity contribution in [2.45, 2.75) is 38.4 Å². The van der Waals surface area contributed by atoms with Crippen LogP contribution in [0.1, 0.15) is 26.2 Å². The lowest BCUT2D eigenvalue weighted by Crippen LogP contribution is -2.40. The summed E-state index contributed by atoms with van der Waals surface area (Å²) in [5.74, 6) is -0.121. The van der Waals surface area contributed by atoms with Crippen LogP contribution in [0.3, 0.4) is 0 Å². The fraction of sp³-hybridized carbons (Fsp3) is 0.846. The van der Waals surface area contributed by atoms with Crippen LogP contribution in [0.2, 0.25) is 0 Å². The summed E-state index contributed by atoms with van der Waals surface area (Å²) in [7, 11) is -4.38. The molecule has 2 bridgehead atoms. The second kappa shape index (κ2) is 8.87. The zero-order chi connectivity index (χ0) is 18.4. The second-order valence-electron chi connectivity index (χ2n) is 6.23. The minimum Gasteiger partial charge on any atom is -0.316 e. The molecule has 2 amide bonds. The van der Waals surface area contributed by atoms with Gasteiger partial charge in [-0.05, 0) is 39.3 Å². The van der Waals surface area contributed by atoms with Gasteiger partial charge in [0.2, 0.25) is 12.3 Å². The van der Waals surface area contributed by atoms with Gasteiger partial charge in [0, 0.05) is 13.1 Å². The molecular weight excluding hydrogens is 354 g/mol. The Bertz CT molecular complexity index is 565.